The number of ether oxygens (including phenoxy) is 1. The molecule has 30 heavy (non-hydrogen) atoms. The number of benzene rings is 2. The van der Waals surface area contributed by atoms with Crippen LogP contribution in [0.1, 0.15) is 44.1 Å². The van der Waals surface area contributed by atoms with Gasteiger partial charge in [0, 0.05) is 11.8 Å². The highest BCUT2D eigenvalue weighted by Gasteiger charge is 2.51. The number of hydrogen-bond donors (Lipinski definition) is 1. The van der Waals surface area contributed by atoms with Gasteiger partial charge in [0.25, 0.3) is 5.91 Å². The van der Waals surface area contributed by atoms with Gasteiger partial charge in [0.2, 0.25) is 0 Å². The lowest BCUT2D eigenvalue weighted by atomic mass is 9.48. The third-order valence-electron chi connectivity index (χ3n) is 7.24. The molecular weight excluding hydrogens is 380 g/mol. The molecule has 4 saturated carbocycles. The van der Waals surface area contributed by atoms with E-state index in [-0.39, 0.29) is 24.0 Å². The Morgan fingerprint density at radius 1 is 1.00 bits per heavy atom. The summed E-state index contributed by atoms with van der Waals surface area (Å²) in [5.74, 6) is 2.45. The van der Waals surface area contributed by atoms with Crippen molar-refractivity contribution in [1.82, 2.24) is 0 Å². The number of anilines is 1. The fraction of sp³-hybridized carbons (Fsp3) is 0.458. The quantitative estimate of drug-likeness (QED) is 0.536. The van der Waals surface area contributed by atoms with Crippen molar-refractivity contribution in [2.45, 2.75) is 43.9 Å². The Balaban J connectivity index is 1.22. The van der Waals surface area contributed by atoms with Crippen LogP contribution in [0.4, 0.5) is 11.4 Å². The number of nitrogens with zero attached hydrogens (tertiary/aromatic N) is 1. The van der Waals surface area contributed by atoms with Crippen LogP contribution in [0.5, 0.6) is 5.75 Å². The van der Waals surface area contributed by atoms with E-state index in [9.17, 15) is 14.9 Å². The van der Waals surface area contributed by atoms with Gasteiger partial charge in [-0.05, 0) is 85.5 Å². The molecule has 0 saturated heterocycles. The second kappa shape index (κ2) is 7.42. The van der Waals surface area contributed by atoms with Crippen LogP contribution in [0, 0.1) is 27.9 Å². The number of nitro groups is 1. The first-order valence-corrected chi connectivity index (χ1v) is 10.8. The fourth-order valence-corrected chi connectivity index (χ4v) is 6.44. The highest BCUT2D eigenvalue weighted by Crippen LogP contribution is 2.60. The van der Waals surface area contributed by atoms with E-state index in [1.807, 2.05) is 12.1 Å². The smallest absolute Gasteiger partial charge is 0.310 e. The van der Waals surface area contributed by atoms with Crippen LogP contribution < -0.4 is 10.1 Å². The zero-order chi connectivity index (χ0) is 20.7. The Morgan fingerprint density at radius 2 is 1.60 bits per heavy atom. The number of hydrogen-bond acceptors (Lipinski definition) is 4. The molecule has 1 amide bonds. The van der Waals surface area contributed by atoms with E-state index in [0.717, 1.165) is 23.4 Å². The first-order valence-electron chi connectivity index (χ1n) is 10.8. The first-order chi connectivity index (χ1) is 14.5. The molecule has 0 aromatic heterocycles. The Hall–Kier alpha value is -2.89. The van der Waals surface area contributed by atoms with Crippen molar-refractivity contribution in [1.29, 1.82) is 0 Å². The second-order valence-electron chi connectivity index (χ2n) is 9.34. The number of carbonyl (C=O) groups is 1. The summed E-state index contributed by atoms with van der Waals surface area (Å²) in [5.41, 5.74) is 2.33. The molecule has 0 aliphatic heterocycles. The molecule has 6 heteroatoms. The summed E-state index contributed by atoms with van der Waals surface area (Å²) in [6.45, 7) is -0.276. The minimum atomic E-state index is -0.517. The number of nitro benzene ring substituents is 1. The van der Waals surface area contributed by atoms with Crippen molar-refractivity contribution >= 4 is 17.3 Å². The second-order valence-corrected chi connectivity index (χ2v) is 9.34. The lowest BCUT2D eigenvalue weighted by Crippen LogP contribution is -2.48. The molecule has 4 fully saturated rings. The minimum absolute atomic E-state index is 0.0924. The van der Waals surface area contributed by atoms with Gasteiger partial charge in [-0.2, -0.15) is 0 Å². The number of para-hydroxylation sites is 2. The maximum atomic E-state index is 12.3. The number of nitrogens with one attached hydrogen (secondary N) is 1. The largest absolute Gasteiger partial charge is 0.477 e. The van der Waals surface area contributed by atoms with Crippen molar-refractivity contribution in [3.8, 4) is 5.75 Å². The summed E-state index contributed by atoms with van der Waals surface area (Å²) >= 11 is 0. The Labute approximate surface area is 175 Å². The van der Waals surface area contributed by atoms with Gasteiger partial charge in [0.1, 0.15) is 0 Å². The van der Waals surface area contributed by atoms with E-state index in [0.29, 0.717) is 5.41 Å². The van der Waals surface area contributed by atoms with E-state index in [4.69, 9.17) is 4.74 Å². The standard InChI is InChI=1S/C24H26N2O4/c27-23(15-30-22-4-2-1-3-21(22)26(28)29)25-20-7-5-19(6-8-20)24-12-16-9-17(13-24)11-18(10-16)14-24/h1-8,16-18H,9-15H2,(H,25,27). The van der Waals surface area contributed by atoms with E-state index < -0.39 is 4.92 Å². The predicted octanol–water partition coefficient (Wildman–Crippen LogP) is 5.08. The summed E-state index contributed by atoms with van der Waals surface area (Å²) in [6.07, 6.45) is 8.21. The Bertz CT molecular complexity index is 934. The van der Waals surface area contributed by atoms with Crippen LogP contribution >= 0.6 is 0 Å². The molecule has 2 aromatic carbocycles. The normalized spacial score (nSPS) is 28.9. The Morgan fingerprint density at radius 3 is 2.20 bits per heavy atom. The molecule has 4 aliphatic rings. The molecule has 1 N–H and O–H groups in total. The third-order valence-corrected chi connectivity index (χ3v) is 7.24. The van der Waals surface area contributed by atoms with Gasteiger partial charge in [-0.25, -0.2) is 0 Å². The van der Waals surface area contributed by atoms with Crippen LogP contribution in [0.25, 0.3) is 0 Å². The molecule has 156 valence electrons. The molecule has 6 nitrogen and oxygen atoms in total. The van der Waals surface area contributed by atoms with Gasteiger partial charge in [-0.3, -0.25) is 14.9 Å². The SMILES string of the molecule is O=C(COc1ccccc1[N+](=O)[O-])Nc1ccc(C23CC4CC(CC(C4)C2)C3)cc1. The van der Waals surface area contributed by atoms with Crippen molar-refractivity contribution in [2.75, 3.05) is 11.9 Å². The van der Waals surface area contributed by atoms with Gasteiger partial charge in [-0.1, -0.05) is 24.3 Å². The van der Waals surface area contributed by atoms with E-state index >= 15 is 0 Å². The van der Waals surface area contributed by atoms with E-state index in [1.54, 1.807) is 12.1 Å². The van der Waals surface area contributed by atoms with Gasteiger partial charge >= 0.3 is 5.69 Å². The molecular formula is C24H26N2O4. The third kappa shape index (κ3) is 3.55. The molecule has 0 heterocycles. The highest BCUT2D eigenvalue weighted by atomic mass is 16.6. The molecule has 0 unspecified atom stereocenters. The zero-order valence-corrected chi connectivity index (χ0v) is 16.9. The number of carbonyl (C=O) groups excluding carboxylic acids is 1. The highest BCUT2D eigenvalue weighted by molar-refractivity contribution is 5.91. The van der Waals surface area contributed by atoms with Crippen LogP contribution in [-0.2, 0) is 10.2 Å². The van der Waals surface area contributed by atoms with Crippen molar-refractivity contribution in [3.63, 3.8) is 0 Å². The zero-order valence-electron chi connectivity index (χ0n) is 16.9. The number of rotatable bonds is 6. The molecule has 2 aromatic rings. The monoisotopic (exact) mass is 406 g/mol. The van der Waals surface area contributed by atoms with Gasteiger partial charge < -0.3 is 10.1 Å². The maximum Gasteiger partial charge on any atom is 0.310 e. The van der Waals surface area contributed by atoms with Gasteiger partial charge in [-0.15, -0.1) is 0 Å². The summed E-state index contributed by atoms with van der Waals surface area (Å²) < 4.78 is 5.37. The maximum absolute atomic E-state index is 12.3. The molecule has 0 atom stereocenters. The lowest BCUT2D eigenvalue weighted by Gasteiger charge is -2.57. The average Bonchev–Trinajstić information content (AvgIpc) is 2.72. The van der Waals surface area contributed by atoms with Crippen LogP contribution in [-0.4, -0.2) is 17.4 Å². The van der Waals surface area contributed by atoms with Crippen molar-refractivity contribution in [3.05, 3.63) is 64.2 Å². The average molecular weight is 406 g/mol. The van der Waals surface area contributed by atoms with Gasteiger partial charge in [0.15, 0.2) is 12.4 Å². The van der Waals surface area contributed by atoms with Crippen LogP contribution in [0.2, 0.25) is 0 Å². The summed E-state index contributed by atoms with van der Waals surface area (Å²) in [4.78, 5) is 22.8. The summed E-state index contributed by atoms with van der Waals surface area (Å²) in [6, 6.07) is 14.3. The predicted molar refractivity (Wildman–Crippen MR) is 114 cm³/mol. The summed E-state index contributed by atoms with van der Waals surface area (Å²) in [7, 11) is 0. The minimum Gasteiger partial charge on any atom is -0.477 e. The van der Waals surface area contributed by atoms with E-state index in [2.05, 4.69) is 17.4 Å². The molecule has 4 bridgehead atoms. The Kier molecular flexibility index (Phi) is 4.72. The molecule has 4 aliphatic carbocycles. The number of amides is 1. The topological polar surface area (TPSA) is 81.5 Å². The molecule has 0 radical (unpaired) electrons. The summed E-state index contributed by atoms with van der Waals surface area (Å²) in [5, 5.41) is 13.9. The van der Waals surface area contributed by atoms with Crippen molar-refractivity contribution in [2.24, 2.45) is 17.8 Å². The fourth-order valence-electron chi connectivity index (χ4n) is 6.44. The lowest BCUT2D eigenvalue weighted by molar-refractivity contribution is -0.385. The molecule has 0 spiro atoms. The van der Waals surface area contributed by atoms with Gasteiger partial charge in [0.05, 0.1) is 4.92 Å². The van der Waals surface area contributed by atoms with Crippen LogP contribution in [0.3, 0.4) is 0 Å². The first kappa shape index (κ1) is 19.1. The van der Waals surface area contributed by atoms with Crippen molar-refractivity contribution < 1.29 is 14.5 Å². The molecule has 6 rings (SSSR count). The van der Waals surface area contributed by atoms with Crippen LogP contribution in [0.15, 0.2) is 48.5 Å². The van der Waals surface area contributed by atoms with E-state index in [1.165, 1.54) is 56.2 Å².